The third kappa shape index (κ3) is 4.80. The summed E-state index contributed by atoms with van der Waals surface area (Å²) < 4.78 is 5.07. The van der Waals surface area contributed by atoms with Crippen LogP contribution in [0.15, 0.2) is 35.2 Å². The maximum atomic E-state index is 12.9. The highest BCUT2D eigenvalue weighted by molar-refractivity contribution is 8.00. The largest absolute Gasteiger partial charge is 0.447 e. The lowest BCUT2D eigenvalue weighted by Gasteiger charge is -2.30. The Morgan fingerprint density at radius 1 is 1.31 bits per heavy atom. The molecule has 1 aliphatic heterocycles. The molecule has 4 atom stereocenters. The molecule has 0 aliphatic carbocycles. The molecule has 1 aromatic rings. The molecular formula is C20H29NO4S. The van der Waals surface area contributed by atoms with E-state index in [1.165, 1.54) is 4.90 Å². The molecule has 5 nitrogen and oxygen atoms in total. The van der Waals surface area contributed by atoms with Crippen LogP contribution in [-0.4, -0.2) is 46.0 Å². The average Bonchev–Trinajstić information content (AvgIpc) is 3.02. The fourth-order valence-corrected chi connectivity index (χ4v) is 4.52. The summed E-state index contributed by atoms with van der Waals surface area (Å²) in [5, 5.41) is 10.8. The summed E-state index contributed by atoms with van der Waals surface area (Å²) >= 11 is 1.58. The van der Waals surface area contributed by atoms with Crippen molar-refractivity contribution < 1.29 is 19.4 Å². The van der Waals surface area contributed by atoms with Gasteiger partial charge in [-0.25, -0.2) is 9.69 Å². The Kier molecular flexibility index (Phi) is 7.53. The maximum Gasteiger partial charge on any atom is 0.416 e. The van der Waals surface area contributed by atoms with Gasteiger partial charge in [-0.2, -0.15) is 0 Å². The van der Waals surface area contributed by atoms with Crippen LogP contribution in [-0.2, 0) is 9.53 Å². The van der Waals surface area contributed by atoms with E-state index in [2.05, 4.69) is 6.92 Å². The van der Waals surface area contributed by atoms with E-state index >= 15 is 0 Å². The van der Waals surface area contributed by atoms with E-state index in [4.69, 9.17) is 4.74 Å². The van der Waals surface area contributed by atoms with Crippen molar-refractivity contribution in [3.63, 3.8) is 0 Å². The highest BCUT2D eigenvalue weighted by atomic mass is 32.2. The van der Waals surface area contributed by atoms with Crippen LogP contribution in [0.4, 0.5) is 4.79 Å². The van der Waals surface area contributed by atoms with Crippen LogP contribution in [0.1, 0.15) is 40.5 Å². The Labute approximate surface area is 160 Å². The number of imide groups is 1. The fourth-order valence-electron chi connectivity index (χ4n) is 3.13. The number of ether oxygens (including phenoxy) is 1. The third-order valence-electron chi connectivity index (χ3n) is 4.80. The summed E-state index contributed by atoms with van der Waals surface area (Å²) in [6.07, 6.45) is 0.253. The number of nitrogens with zero attached hydrogens (tertiary/aromatic N) is 1. The van der Waals surface area contributed by atoms with Gasteiger partial charge >= 0.3 is 6.09 Å². The molecule has 1 heterocycles. The number of cyclic esters (lactones) is 1. The molecule has 0 radical (unpaired) electrons. The lowest BCUT2D eigenvalue weighted by atomic mass is 9.96. The summed E-state index contributed by atoms with van der Waals surface area (Å²) in [5.74, 6) is -0.914. The number of benzene rings is 1. The minimum absolute atomic E-state index is 0.111. The van der Waals surface area contributed by atoms with Gasteiger partial charge in [-0.1, -0.05) is 52.3 Å². The number of rotatable bonds is 8. The summed E-state index contributed by atoms with van der Waals surface area (Å²) in [7, 11) is 0. The number of carbonyl (C=O) groups excluding carboxylic acids is 2. The predicted octanol–water partition coefficient (Wildman–Crippen LogP) is 3.95. The average molecular weight is 380 g/mol. The fraction of sp³-hybridized carbons (Fsp3) is 0.600. The highest BCUT2D eigenvalue weighted by Crippen LogP contribution is 2.32. The molecule has 0 bridgehead atoms. The molecule has 2 amide bonds. The molecule has 0 unspecified atom stereocenters. The molecule has 1 saturated heterocycles. The molecule has 144 valence electrons. The van der Waals surface area contributed by atoms with Crippen molar-refractivity contribution >= 4 is 23.8 Å². The number of aliphatic hydroxyl groups is 1. The van der Waals surface area contributed by atoms with E-state index in [1.54, 1.807) is 18.7 Å². The minimum Gasteiger partial charge on any atom is -0.447 e. The van der Waals surface area contributed by atoms with Crippen LogP contribution in [0, 0.1) is 11.8 Å². The van der Waals surface area contributed by atoms with Crippen LogP contribution in [0.5, 0.6) is 0 Å². The Balaban J connectivity index is 2.12. The van der Waals surface area contributed by atoms with E-state index in [-0.39, 0.29) is 29.7 Å². The molecule has 0 aromatic heterocycles. The lowest BCUT2D eigenvalue weighted by molar-refractivity contribution is -0.137. The molecule has 2 rings (SSSR count). The van der Waals surface area contributed by atoms with E-state index < -0.39 is 18.1 Å². The number of hydrogen-bond acceptors (Lipinski definition) is 5. The van der Waals surface area contributed by atoms with Gasteiger partial charge in [0.25, 0.3) is 0 Å². The van der Waals surface area contributed by atoms with Gasteiger partial charge in [0.1, 0.15) is 6.61 Å². The van der Waals surface area contributed by atoms with Gasteiger partial charge < -0.3 is 9.84 Å². The SMILES string of the molecule is CCC[C@H](Sc1ccccc1)[C@@H](O)[C@@H](C)C(=O)N1C(=O)OC[C@@H]1C(C)C. The van der Waals surface area contributed by atoms with Gasteiger partial charge in [0.2, 0.25) is 5.91 Å². The van der Waals surface area contributed by atoms with Crippen molar-refractivity contribution in [3.8, 4) is 0 Å². The molecule has 1 aromatic carbocycles. The van der Waals surface area contributed by atoms with Gasteiger partial charge in [0.15, 0.2) is 0 Å². The normalized spacial score (nSPS) is 20.8. The molecule has 0 saturated carbocycles. The van der Waals surface area contributed by atoms with Crippen LogP contribution in [0.25, 0.3) is 0 Å². The quantitative estimate of drug-likeness (QED) is 0.693. The van der Waals surface area contributed by atoms with Crippen LogP contribution >= 0.6 is 11.8 Å². The Morgan fingerprint density at radius 2 is 1.96 bits per heavy atom. The number of hydrogen-bond donors (Lipinski definition) is 1. The molecule has 26 heavy (non-hydrogen) atoms. The molecular weight excluding hydrogens is 350 g/mol. The first kappa shape index (κ1) is 20.8. The maximum absolute atomic E-state index is 12.9. The van der Waals surface area contributed by atoms with Gasteiger partial charge in [0.05, 0.1) is 18.1 Å². The second-order valence-corrected chi connectivity index (χ2v) is 8.45. The number of carbonyl (C=O) groups is 2. The zero-order valence-corrected chi connectivity index (χ0v) is 16.7. The van der Waals surface area contributed by atoms with Crippen molar-refractivity contribution in [2.75, 3.05) is 6.61 Å². The Bertz CT molecular complexity index is 607. The highest BCUT2D eigenvalue weighted by Gasteiger charge is 2.43. The minimum atomic E-state index is -0.839. The summed E-state index contributed by atoms with van der Waals surface area (Å²) in [6.45, 7) is 7.90. The van der Waals surface area contributed by atoms with Crippen molar-refractivity contribution in [2.24, 2.45) is 11.8 Å². The molecule has 0 spiro atoms. The molecule has 1 aliphatic rings. The topological polar surface area (TPSA) is 66.8 Å². The van der Waals surface area contributed by atoms with Crippen LogP contribution in [0.3, 0.4) is 0 Å². The van der Waals surface area contributed by atoms with Gasteiger partial charge in [0, 0.05) is 10.1 Å². The summed E-state index contributed by atoms with van der Waals surface area (Å²) in [4.78, 5) is 27.2. The predicted molar refractivity (Wildman–Crippen MR) is 103 cm³/mol. The van der Waals surface area contributed by atoms with E-state index in [9.17, 15) is 14.7 Å². The second kappa shape index (κ2) is 9.42. The number of aliphatic hydroxyl groups excluding tert-OH is 1. The standard InChI is InChI=1S/C20H29NO4S/c1-5-9-17(26-15-10-7-6-8-11-15)18(22)14(4)19(23)21-16(13(2)3)12-25-20(21)24/h6-8,10-11,13-14,16-18,22H,5,9,12H2,1-4H3/t14-,16-,17+,18+/m1/s1. The van der Waals surface area contributed by atoms with Crippen molar-refractivity contribution in [2.45, 2.75) is 62.8 Å². The lowest BCUT2D eigenvalue weighted by Crippen LogP contribution is -2.48. The van der Waals surface area contributed by atoms with E-state index in [1.807, 2.05) is 44.2 Å². The van der Waals surface area contributed by atoms with Gasteiger partial charge in [-0.15, -0.1) is 11.8 Å². The van der Waals surface area contributed by atoms with E-state index in [0.29, 0.717) is 0 Å². The first-order chi connectivity index (χ1) is 12.4. The van der Waals surface area contributed by atoms with Crippen molar-refractivity contribution in [1.29, 1.82) is 0 Å². The van der Waals surface area contributed by atoms with E-state index in [0.717, 1.165) is 17.7 Å². The van der Waals surface area contributed by atoms with Crippen LogP contribution in [0.2, 0.25) is 0 Å². The van der Waals surface area contributed by atoms with Gasteiger partial charge in [-0.05, 0) is 24.5 Å². The van der Waals surface area contributed by atoms with Crippen molar-refractivity contribution in [3.05, 3.63) is 30.3 Å². The second-order valence-electron chi connectivity index (χ2n) is 7.13. The molecule has 1 N–H and O–H groups in total. The third-order valence-corrected chi connectivity index (χ3v) is 6.16. The Hall–Kier alpha value is -1.53. The Morgan fingerprint density at radius 3 is 2.54 bits per heavy atom. The zero-order valence-electron chi connectivity index (χ0n) is 15.9. The van der Waals surface area contributed by atoms with Gasteiger partial charge in [-0.3, -0.25) is 4.79 Å². The van der Waals surface area contributed by atoms with Crippen LogP contribution < -0.4 is 0 Å². The monoisotopic (exact) mass is 379 g/mol. The zero-order chi connectivity index (χ0) is 19.3. The number of amides is 2. The first-order valence-corrected chi connectivity index (χ1v) is 10.1. The summed E-state index contributed by atoms with van der Waals surface area (Å²) in [6, 6.07) is 9.60. The smallest absolute Gasteiger partial charge is 0.416 e. The van der Waals surface area contributed by atoms with Crippen molar-refractivity contribution in [1.82, 2.24) is 4.90 Å². The molecule has 1 fully saturated rings. The first-order valence-electron chi connectivity index (χ1n) is 9.26. The molecule has 6 heteroatoms. The summed E-state index contributed by atoms with van der Waals surface area (Å²) in [5.41, 5.74) is 0. The number of thioether (sulfide) groups is 1.